The molecule has 0 amide bonds. The van der Waals surface area contributed by atoms with Gasteiger partial charge in [0, 0.05) is 26.2 Å². The first-order chi connectivity index (χ1) is 11.8. The molecule has 1 aromatic rings. The van der Waals surface area contributed by atoms with E-state index in [1.54, 1.807) is 0 Å². The lowest BCUT2D eigenvalue weighted by Crippen LogP contribution is -2.46. The highest BCUT2D eigenvalue weighted by Crippen LogP contribution is 2.35. The Kier molecular flexibility index (Phi) is 4.94. The second-order valence-corrected chi connectivity index (χ2v) is 7.19. The van der Waals surface area contributed by atoms with E-state index < -0.39 is 4.92 Å². The Morgan fingerprint density at radius 1 is 1.16 bits per heavy atom. The summed E-state index contributed by atoms with van der Waals surface area (Å²) in [5.74, 6) is 1.25. The average Bonchev–Trinajstić information content (AvgIpc) is 2.52. The van der Waals surface area contributed by atoms with Crippen molar-refractivity contribution >= 4 is 23.3 Å². The molecule has 3 atom stereocenters. The first-order valence-corrected chi connectivity index (χ1v) is 8.82. The molecule has 0 aromatic carbocycles. The second-order valence-electron chi connectivity index (χ2n) is 7.19. The molecule has 3 heterocycles. The topological polar surface area (TPSA) is 111 Å². The minimum absolute atomic E-state index is 0.0296. The van der Waals surface area contributed by atoms with Crippen molar-refractivity contribution < 1.29 is 9.66 Å². The predicted molar refractivity (Wildman–Crippen MR) is 95.9 cm³/mol. The molecule has 2 aliphatic rings. The van der Waals surface area contributed by atoms with E-state index in [9.17, 15) is 10.1 Å². The number of morpholine rings is 1. The van der Waals surface area contributed by atoms with Gasteiger partial charge in [0.05, 0.1) is 17.1 Å². The first kappa shape index (κ1) is 17.7. The van der Waals surface area contributed by atoms with Crippen molar-refractivity contribution in [3.63, 3.8) is 0 Å². The Morgan fingerprint density at radius 2 is 1.84 bits per heavy atom. The molecule has 0 radical (unpaired) electrons. The van der Waals surface area contributed by atoms with Crippen LogP contribution in [-0.2, 0) is 4.74 Å². The molecule has 0 spiro atoms. The molecule has 138 valence electrons. The molecule has 1 aromatic heterocycles. The van der Waals surface area contributed by atoms with Gasteiger partial charge in [-0.3, -0.25) is 10.1 Å². The molecule has 25 heavy (non-hydrogen) atoms. The first-order valence-electron chi connectivity index (χ1n) is 8.82. The van der Waals surface area contributed by atoms with Crippen molar-refractivity contribution in [1.82, 2.24) is 9.97 Å². The van der Waals surface area contributed by atoms with E-state index in [-0.39, 0.29) is 23.7 Å². The van der Waals surface area contributed by atoms with Crippen LogP contribution in [0.25, 0.3) is 0 Å². The molecule has 2 saturated heterocycles. The van der Waals surface area contributed by atoms with Crippen molar-refractivity contribution in [2.24, 2.45) is 5.92 Å². The molecule has 0 bridgehead atoms. The number of rotatable bonds is 3. The third-order valence-corrected chi connectivity index (χ3v) is 4.72. The highest BCUT2D eigenvalue weighted by atomic mass is 16.6. The fraction of sp³-hybridized carbons (Fsp3) is 0.750. The summed E-state index contributed by atoms with van der Waals surface area (Å²) in [4.78, 5) is 23.9. The largest absolute Gasteiger partial charge is 0.378 e. The maximum Gasteiger partial charge on any atom is 0.353 e. The number of hydrogen-bond acceptors (Lipinski definition) is 8. The van der Waals surface area contributed by atoms with E-state index in [1.807, 2.05) is 18.7 Å². The number of nitrogens with two attached hydrogens (primary N) is 1. The van der Waals surface area contributed by atoms with Crippen LogP contribution >= 0.6 is 0 Å². The van der Waals surface area contributed by atoms with Gasteiger partial charge < -0.3 is 20.3 Å². The molecule has 0 saturated carbocycles. The lowest BCUT2D eigenvalue weighted by molar-refractivity contribution is -0.383. The third kappa shape index (κ3) is 3.76. The fourth-order valence-electron chi connectivity index (χ4n) is 3.71. The molecular weight excluding hydrogens is 324 g/mol. The van der Waals surface area contributed by atoms with E-state index in [0.717, 1.165) is 19.5 Å². The van der Waals surface area contributed by atoms with Crippen molar-refractivity contribution in [1.29, 1.82) is 0 Å². The van der Waals surface area contributed by atoms with Crippen molar-refractivity contribution in [3.8, 4) is 0 Å². The van der Waals surface area contributed by atoms with Crippen LogP contribution in [0.4, 0.5) is 23.3 Å². The molecule has 3 rings (SSSR count). The maximum atomic E-state index is 11.6. The van der Waals surface area contributed by atoms with E-state index in [4.69, 9.17) is 10.5 Å². The predicted octanol–water partition coefficient (Wildman–Crippen LogP) is 1.82. The minimum atomic E-state index is -0.488. The molecule has 2 N–H and O–H groups in total. The zero-order valence-corrected chi connectivity index (χ0v) is 15.0. The molecule has 2 fully saturated rings. The normalized spacial score (nSPS) is 27.4. The zero-order valence-electron chi connectivity index (χ0n) is 15.0. The molecule has 0 unspecified atom stereocenters. The summed E-state index contributed by atoms with van der Waals surface area (Å²) >= 11 is 0. The summed E-state index contributed by atoms with van der Waals surface area (Å²) in [5.41, 5.74) is 5.75. The van der Waals surface area contributed by atoms with Crippen LogP contribution in [0, 0.1) is 16.0 Å². The highest BCUT2D eigenvalue weighted by molar-refractivity contribution is 5.71. The van der Waals surface area contributed by atoms with Crippen molar-refractivity contribution in [2.45, 2.75) is 45.8 Å². The Hall–Kier alpha value is -2.16. The van der Waals surface area contributed by atoms with Crippen LogP contribution in [0.5, 0.6) is 0 Å². The van der Waals surface area contributed by atoms with Crippen molar-refractivity contribution in [2.75, 3.05) is 41.7 Å². The van der Waals surface area contributed by atoms with Crippen molar-refractivity contribution in [3.05, 3.63) is 10.1 Å². The summed E-state index contributed by atoms with van der Waals surface area (Å²) in [7, 11) is 0. The maximum absolute atomic E-state index is 11.6. The van der Waals surface area contributed by atoms with Gasteiger partial charge in [-0.15, -0.1) is 0 Å². The highest BCUT2D eigenvalue weighted by Gasteiger charge is 2.33. The van der Waals surface area contributed by atoms with Gasteiger partial charge in [0.1, 0.15) is 0 Å². The van der Waals surface area contributed by atoms with E-state index in [2.05, 4.69) is 21.8 Å². The smallest absolute Gasteiger partial charge is 0.353 e. The number of aromatic nitrogens is 2. The Morgan fingerprint density at radius 3 is 2.44 bits per heavy atom. The zero-order chi connectivity index (χ0) is 18.1. The van der Waals surface area contributed by atoms with E-state index >= 15 is 0 Å². The van der Waals surface area contributed by atoms with Gasteiger partial charge in [0.2, 0.25) is 17.6 Å². The summed E-state index contributed by atoms with van der Waals surface area (Å²) in [6.45, 7) is 8.85. The standard InChI is InChI=1S/C16H26N6O3/c1-10-5-4-6-20(7-10)16-18-14(17)13(22(23)24)15(19-16)21-8-11(2)25-12(3)9-21/h10-12H,4-9H2,1-3H3,(H2,17,18,19)/t10-,11-,12-/m1/s1. The van der Waals surface area contributed by atoms with Crippen LogP contribution < -0.4 is 15.5 Å². The minimum Gasteiger partial charge on any atom is -0.378 e. The lowest BCUT2D eigenvalue weighted by Gasteiger charge is -2.36. The number of nitrogen functional groups attached to an aromatic ring is 1. The molecule has 9 heteroatoms. The summed E-state index contributed by atoms with van der Waals surface area (Å²) in [6, 6.07) is 0. The lowest BCUT2D eigenvalue weighted by atomic mass is 10.0. The third-order valence-electron chi connectivity index (χ3n) is 4.72. The van der Waals surface area contributed by atoms with Gasteiger partial charge in [-0.2, -0.15) is 9.97 Å². The summed E-state index contributed by atoms with van der Waals surface area (Å²) in [5, 5.41) is 11.6. The van der Waals surface area contributed by atoms with Gasteiger partial charge in [-0.1, -0.05) is 6.92 Å². The van der Waals surface area contributed by atoms with Gasteiger partial charge in [-0.05, 0) is 32.6 Å². The quantitative estimate of drug-likeness (QED) is 0.649. The fourth-order valence-corrected chi connectivity index (χ4v) is 3.71. The van der Waals surface area contributed by atoms with Crippen LogP contribution in [0.3, 0.4) is 0 Å². The molecule has 2 aliphatic heterocycles. The number of piperidine rings is 1. The summed E-state index contributed by atoms with van der Waals surface area (Å²) in [6.07, 6.45) is 2.17. The number of hydrogen-bond donors (Lipinski definition) is 1. The van der Waals surface area contributed by atoms with Gasteiger partial charge in [-0.25, -0.2) is 0 Å². The molecule has 0 aliphatic carbocycles. The monoisotopic (exact) mass is 350 g/mol. The van der Waals surface area contributed by atoms with Crippen LogP contribution in [-0.4, -0.2) is 53.3 Å². The number of ether oxygens (including phenoxy) is 1. The van der Waals surface area contributed by atoms with Gasteiger partial charge in [0.15, 0.2) is 0 Å². The Labute approximate surface area is 147 Å². The SMILES string of the molecule is C[C@@H]1CCCN(c2nc(N)c([N+](=O)[O-])c(N3C[C@@H](C)O[C@H](C)C3)n2)C1. The molecule has 9 nitrogen and oxygen atoms in total. The Balaban J connectivity index is 2.00. The Bertz CT molecular complexity index is 645. The second kappa shape index (κ2) is 6.99. The van der Waals surface area contributed by atoms with Crippen LogP contribution in [0.15, 0.2) is 0 Å². The number of nitrogens with zero attached hydrogens (tertiary/aromatic N) is 5. The molecular formula is C16H26N6O3. The summed E-state index contributed by atoms with van der Waals surface area (Å²) < 4.78 is 5.73. The van der Waals surface area contributed by atoms with Gasteiger partial charge in [0.25, 0.3) is 0 Å². The van der Waals surface area contributed by atoms with E-state index in [0.29, 0.717) is 30.8 Å². The average molecular weight is 350 g/mol. The van der Waals surface area contributed by atoms with Crippen LogP contribution in [0.2, 0.25) is 0 Å². The number of nitro groups is 1. The van der Waals surface area contributed by atoms with E-state index in [1.165, 1.54) is 6.42 Å². The van der Waals surface area contributed by atoms with Gasteiger partial charge >= 0.3 is 5.69 Å². The van der Waals surface area contributed by atoms with Crippen LogP contribution in [0.1, 0.15) is 33.6 Å². The number of anilines is 3.